The molecule has 1 aromatic carbocycles. The van der Waals surface area contributed by atoms with Crippen LogP contribution in [0.25, 0.3) is 0 Å². The number of hydrogen-bond acceptors (Lipinski definition) is 4. The zero-order chi connectivity index (χ0) is 13.7. The van der Waals surface area contributed by atoms with Crippen molar-refractivity contribution in [3.05, 3.63) is 29.3 Å². The molecule has 1 aliphatic rings. The highest BCUT2D eigenvalue weighted by atomic mass is 35.5. The maximum Gasteiger partial charge on any atom is 0.122 e. The first-order chi connectivity index (χ1) is 9.27. The molecule has 2 atom stereocenters. The molecule has 1 heterocycles. The molecule has 4 nitrogen and oxygen atoms in total. The van der Waals surface area contributed by atoms with Gasteiger partial charge in [-0.3, -0.25) is 0 Å². The third-order valence-corrected chi connectivity index (χ3v) is 3.67. The molecule has 2 rings (SSSR count). The molecule has 0 amide bonds. The number of methoxy groups -OCH3 is 2. The Bertz CT molecular complexity index is 414. The van der Waals surface area contributed by atoms with Gasteiger partial charge in [-0.15, -0.1) is 12.4 Å². The average molecular weight is 302 g/mol. The lowest BCUT2D eigenvalue weighted by molar-refractivity contribution is 0.0113. The predicted molar refractivity (Wildman–Crippen MR) is 82.0 cm³/mol. The summed E-state index contributed by atoms with van der Waals surface area (Å²) in [7, 11) is 3.40. The second kappa shape index (κ2) is 8.47. The lowest BCUT2D eigenvalue weighted by Gasteiger charge is -2.23. The average Bonchev–Trinajstić information content (AvgIpc) is 2.88. The lowest BCUT2D eigenvalue weighted by Crippen LogP contribution is -2.25. The van der Waals surface area contributed by atoms with E-state index in [0.717, 1.165) is 18.7 Å². The highest BCUT2D eigenvalue weighted by molar-refractivity contribution is 5.85. The molecule has 0 spiro atoms. The highest BCUT2D eigenvalue weighted by Gasteiger charge is 2.30. The van der Waals surface area contributed by atoms with Crippen LogP contribution in [-0.4, -0.2) is 40.1 Å². The Labute approximate surface area is 127 Å². The summed E-state index contributed by atoms with van der Waals surface area (Å²) in [4.78, 5) is 0. The zero-order valence-electron chi connectivity index (χ0n) is 12.3. The van der Waals surface area contributed by atoms with Crippen molar-refractivity contribution in [1.82, 2.24) is 5.32 Å². The van der Waals surface area contributed by atoms with Crippen LogP contribution in [0, 0.1) is 6.92 Å². The summed E-state index contributed by atoms with van der Waals surface area (Å²) in [5, 5.41) is 3.52. The fourth-order valence-electron chi connectivity index (χ4n) is 2.64. The minimum atomic E-state index is 0. The second-order valence-electron chi connectivity index (χ2n) is 4.80. The van der Waals surface area contributed by atoms with Gasteiger partial charge in [-0.05, 0) is 37.1 Å². The van der Waals surface area contributed by atoms with Crippen LogP contribution in [0.1, 0.15) is 23.6 Å². The Morgan fingerprint density at radius 2 is 2.05 bits per heavy atom. The molecule has 20 heavy (non-hydrogen) atoms. The minimum absolute atomic E-state index is 0. The summed E-state index contributed by atoms with van der Waals surface area (Å²) in [6.07, 6.45) is 1.24. The van der Waals surface area contributed by atoms with E-state index < -0.39 is 0 Å². The van der Waals surface area contributed by atoms with Crippen LogP contribution in [0.5, 0.6) is 5.75 Å². The van der Waals surface area contributed by atoms with Gasteiger partial charge in [0.25, 0.3) is 0 Å². The van der Waals surface area contributed by atoms with Crippen molar-refractivity contribution in [3.8, 4) is 5.75 Å². The van der Waals surface area contributed by atoms with Crippen LogP contribution < -0.4 is 10.1 Å². The Morgan fingerprint density at radius 1 is 1.25 bits per heavy atom. The fourth-order valence-corrected chi connectivity index (χ4v) is 2.64. The normalized spacial score (nSPS) is 21.6. The number of nitrogens with one attached hydrogen (secondary N) is 1. The maximum absolute atomic E-state index is 5.91. The van der Waals surface area contributed by atoms with Gasteiger partial charge in [0.05, 0.1) is 32.5 Å². The van der Waals surface area contributed by atoms with Crippen LogP contribution >= 0.6 is 12.4 Å². The van der Waals surface area contributed by atoms with E-state index in [0.29, 0.717) is 13.2 Å². The highest BCUT2D eigenvalue weighted by Crippen LogP contribution is 2.32. The van der Waals surface area contributed by atoms with Crippen LogP contribution in [0.2, 0.25) is 0 Å². The van der Waals surface area contributed by atoms with Gasteiger partial charge in [-0.25, -0.2) is 0 Å². The van der Waals surface area contributed by atoms with E-state index in [-0.39, 0.29) is 24.6 Å². The van der Waals surface area contributed by atoms with Gasteiger partial charge in [-0.2, -0.15) is 0 Å². The molecule has 5 heteroatoms. The molecule has 0 bridgehead atoms. The van der Waals surface area contributed by atoms with Crippen LogP contribution in [0.4, 0.5) is 0 Å². The third-order valence-electron chi connectivity index (χ3n) is 3.67. The number of ether oxygens (including phenoxy) is 3. The summed E-state index contributed by atoms with van der Waals surface area (Å²) < 4.78 is 16.3. The SMILES string of the molecule is COCCO[C@@H]1CCN[C@@H]1c1cccc(OC)c1C.Cl. The van der Waals surface area contributed by atoms with Crippen LogP contribution in [0.3, 0.4) is 0 Å². The third kappa shape index (κ3) is 3.85. The monoisotopic (exact) mass is 301 g/mol. The van der Waals surface area contributed by atoms with Crippen molar-refractivity contribution in [3.63, 3.8) is 0 Å². The first-order valence-electron chi connectivity index (χ1n) is 6.75. The van der Waals surface area contributed by atoms with Crippen molar-refractivity contribution in [2.75, 3.05) is 34.0 Å². The summed E-state index contributed by atoms with van der Waals surface area (Å²) in [6, 6.07) is 6.42. The molecular formula is C15H24ClNO3. The topological polar surface area (TPSA) is 39.7 Å². The summed E-state index contributed by atoms with van der Waals surface area (Å²) in [5.74, 6) is 0.932. The lowest BCUT2D eigenvalue weighted by atomic mass is 9.97. The predicted octanol–water partition coefficient (Wildman–Crippen LogP) is 2.49. The van der Waals surface area contributed by atoms with Crippen LogP contribution in [0.15, 0.2) is 18.2 Å². The van der Waals surface area contributed by atoms with E-state index in [1.54, 1.807) is 14.2 Å². The quantitative estimate of drug-likeness (QED) is 0.820. The fraction of sp³-hybridized carbons (Fsp3) is 0.600. The van der Waals surface area contributed by atoms with E-state index in [4.69, 9.17) is 14.2 Å². The number of benzene rings is 1. The summed E-state index contributed by atoms with van der Waals surface area (Å²) in [6.45, 7) is 4.36. The van der Waals surface area contributed by atoms with E-state index >= 15 is 0 Å². The van der Waals surface area contributed by atoms with Crippen molar-refractivity contribution in [2.24, 2.45) is 0 Å². The second-order valence-corrected chi connectivity index (χ2v) is 4.80. The van der Waals surface area contributed by atoms with Crippen molar-refractivity contribution < 1.29 is 14.2 Å². The Balaban J connectivity index is 0.00000200. The van der Waals surface area contributed by atoms with E-state index in [2.05, 4.69) is 18.3 Å². The van der Waals surface area contributed by atoms with Gasteiger partial charge in [0, 0.05) is 7.11 Å². The van der Waals surface area contributed by atoms with Gasteiger partial charge >= 0.3 is 0 Å². The van der Waals surface area contributed by atoms with Gasteiger partial charge < -0.3 is 19.5 Å². The molecule has 0 saturated carbocycles. The molecule has 1 saturated heterocycles. The Hall–Kier alpha value is -0.810. The largest absolute Gasteiger partial charge is 0.496 e. The molecule has 0 aliphatic carbocycles. The van der Waals surface area contributed by atoms with E-state index in [1.165, 1.54) is 11.1 Å². The molecule has 0 aromatic heterocycles. The number of hydrogen-bond donors (Lipinski definition) is 1. The molecule has 0 unspecified atom stereocenters. The summed E-state index contributed by atoms with van der Waals surface area (Å²) >= 11 is 0. The molecule has 0 radical (unpaired) electrons. The summed E-state index contributed by atoms with van der Waals surface area (Å²) in [5.41, 5.74) is 2.45. The number of rotatable bonds is 6. The molecule has 1 aliphatic heterocycles. The molecule has 1 fully saturated rings. The molecule has 1 aromatic rings. The van der Waals surface area contributed by atoms with Crippen molar-refractivity contribution >= 4 is 12.4 Å². The first kappa shape index (κ1) is 17.2. The smallest absolute Gasteiger partial charge is 0.122 e. The van der Waals surface area contributed by atoms with Gasteiger partial charge in [0.2, 0.25) is 0 Å². The Kier molecular flexibility index (Phi) is 7.30. The minimum Gasteiger partial charge on any atom is -0.496 e. The van der Waals surface area contributed by atoms with Crippen molar-refractivity contribution in [1.29, 1.82) is 0 Å². The molecule has 114 valence electrons. The number of halogens is 1. The molecular weight excluding hydrogens is 278 g/mol. The Morgan fingerprint density at radius 3 is 2.75 bits per heavy atom. The molecule has 1 N–H and O–H groups in total. The van der Waals surface area contributed by atoms with E-state index in [9.17, 15) is 0 Å². The van der Waals surface area contributed by atoms with E-state index in [1.807, 2.05) is 12.1 Å². The zero-order valence-corrected chi connectivity index (χ0v) is 13.2. The first-order valence-corrected chi connectivity index (χ1v) is 6.75. The van der Waals surface area contributed by atoms with Gasteiger partial charge in [0.15, 0.2) is 0 Å². The maximum atomic E-state index is 5.91. The van der Waals surface area contributed by atoms with Crippen molar-refractivity contribution in [2.45, 2.75) is 25.5 Å². The van der Waals surface area contributed by atoms with Gasteiger partial charge in [-0.1, -0.05) is 12.1 Å². The van der Waals surface area contributed by atoms with Gasteiger partial charge in [0.1, 0.15) is 5.75 Å². The van der Waals surface area contributed by atoms with Crippen LogP contribution in [-0.2, 0) is 9.47 Å². The standard InChI is InChI=1S/C15H23NO3.ClH/c1-11-12(5-4-6-13(11)18-3)15-14(7-8-16-15)19-10-9-17-2;/h4-6,14-16H,7-10H2,1-3H3;1H/t14-,15-;/m1./s1.